The van der Waals surface area contributed by atoms with E-state index in [1.165, 1.54) is 43.3 Å². The summed E-state index contributed by atoms with van der Waals surface area (Å²) < 4.78 is 56.9. The zero-order valence-electron chi connectivity index (χ0n) is 17.9. The number of hydrogen-bond acceptors (Lipinski definition) is 7. The predicted octanol–water partition coefficient (Wildman–Crippen LogP) is 3.48. The van der Waals surface area contributed by atoms with Crippen LogP contribution < -0.4 is 11.1 Å². The molecule has 9 nitrogen and oxygen atoms in total. The van der Waals surface area contributed by atoms with Crippen molar-refractivity contribution in [3.05, 3.63) is 59.1 Å². The summed E-state index contributed by atoms with van der Waals surface area (Å²) in [4.78, 5) is 3.86. The van der Waals surface area contributed by atoms with Gasteiger partial charge in [-0.05, 0) is 42.3 Å². The number of β-amino-alcohol motifs (C(OH)–C–C–N with tert-alkyl or cyclic N) is 1. The Kier molecular flexibility index (Phi) is 6.10. The second kappa shape index (κ2) is 8.62. The van der Waals surface area contributed by atoms with Crippen molar-refractivity contribution in [1.29, 1.82) is 0 Å². The molecule has 2 heterocycles. The Balaban J connectivity index is 1.76. The molecule has 180 valence electrons. The molecule has 2 aromatic carbocycles. The van der Waals surface area contributed by atoms with E-state index in [0.29, 0.717) is 0 Å². The van der Waals surface area contributed by atoms with Crippen LogP contribution in [0.1, 0.15) is 12.5 Å². The van der Waals surface area contributed by atoms with Crippen molar-refractivity contribution in [2.24, 2.45) is 0 Å². The molecule has 0 bridgehead atoms. The highest BCUT2D eigenvalue weighted by atomic mass is 35.5. The summed E-state index contributed by atoms with van der Waals surface area (Å²) in [6, 6.07) is 8.08. The molecule has 0 amide bonds. The van der Waals surface area contributed by atoms with Gasteiger partial charge in [-0.2, -0.15) is 18.1 Å². The number of nitrogens with zero attached hydrogens (tertiary/aromatic N) is 3. The number of hydrogen-bond donors (Lipinski definition) is 4. The number of aliphatic hydroxyl groups excluding tert-OH is 1. The summed E-state index contributed by atoms with van der Waals surface area (Å²) >= 11 is 6.45. The van der Waals surface area contributed by atoms with E-state index in [2.05, 4.69) is 27.1 Å². The Hall–Kier alpha value is -3.06. The number of nitrogen functional groups attached to an aromatic ring is 1. The van der Waals surface area contributed by atoms with Crippen molar-refractivity contribution >= 4 is 39.2 Å². The summed E-state index contributed by atoms with van der Waals surface area (Å²) in [6.07, 6.45) is -0.694. The van der Waals surface area contributed by atoms with Crippen LogP contribution in [0.25, 0.3) is 11.1 Å². The minimum atomic E-state index is -3.79. The maximum Gasteiger partial charge on any atom is 0.294 e. The molecule has 0 atom stereocenters. The Morgan fingerprint density at radius 1 is 1.32 bits per heavy atom. The van der Waals surface area contributed by atoms with Crippen molar-refractivity contribution < 1.29 is 22.3 Å². The lowest BCUT2D eigenvalue weighted by Gasteiger charge is -2.34. The van der Waals surface area contributed by atoms with Gasteiger partial charge in [-0.15, -0.1) is 5.10 Å². The van der Waals surface area contributed by atoms with Crippen LogP contribution >= 0.6 is 11.6 Å². The van der Waals surface area contributed by atoms with Crippen LogP contribution in [0.5, 0.6) is 0 Å². The summed E-state index contributed by atoms with van der Waals surface area (Å²) in [7, 11) is -3.79. The van der Waals surface area contributed by atoms with E-state index in [1.54, 1.807) is 0 Å². The van der Waals surface area contributed by atoms with Crippen LogP contribution in [-0.4, -0.2) is 52.2 Å². The van der Waals surface area contributed by atoms with Crippen molar-refractivity contribution in [2.45, 2.75) is 23.8 Å². The number of rotatable bonds is 7. The van der Waals surface area contributed by atoms with Crippen LogP contribution in [0.3, 0.4) is 0 Å². The number of nitrogens with one attached hydrogen (secondary N) is 2. The number of aromatic amines is 1. The minimum absolute atomic E-state index is 0.00842. The Morgan fingerprint density at radius 3 is 2.50 bits per heavy atom. The van der Waals surface area contributed by atoms with Crippen LogP contribution in [0.15, 0.2) is 53.4 Å². The first-order valence-corrected chi connectivity index (χ1v) is 11.8. The third-order valence-electron chi connectivity index (χ3n) is 5.33. The molecule has 1 aliphatic heterocycles. The number of sulfonamides is 1. The van der Waals surface area contributed by atoms with E-state index >= 15 is 8.78 Å². The van der Waals surface area contributed by atoms with Gasteiger partial charge in [-0.25, -0.2) is 13.5 Å². The van der Waals surface area contributed by atoms with Gasteiger partial charge in [0, 0.05) is 29.9 Å². The van der Waals surface area contributed by atoms with E-state index in [9.17, 15) is 13.5 Å². The Labute approximate surface area is 199 Å². The predicted molar refractivity (Wildman–Crippen MR) is 124 cm³/mol. The first-order chi connectivity index (χ1) is 15.9. The summed E-state index contributed by atoms with van der Waals surface area (Å²) in [5.41, 5.74) is 5.17. The van der Waals surface area contributed by atoms with Crippen molar-refractivity contribution in [2.75, 3.05) is 24.1 Å². The normalized spacial score (nSPS) is 15.2. The standard InChI is InChI=1S/C21H21ClF2N6O3S/c1-11(2)21(23,24)16-7-13(26-20-27-19(25)28-29-20)8-17(22)18(16)12-3-5-15(6-4-12)34(32,33)30-9-14(31)10-30/h3-8,14,31H,1,9-10H2,2H3,(H4,25,26,27,28,29). The second-order valence-corrected chi connectivity index (χ2v) is 10.2. The van der Waals surface area contributed by atoms with Gasteiger partial charge in [0.2, 0.25) is 21.9 Å². The van der Waals surface area contributed by atoms with Crippen LogP contribution in [0.4, 0.5) is 26.4 Å². The van der Waals surface area contributed by atoms with E-state index in [1.807, 2.05) is 0 Å². The molecule has 1 saturated heterocycles. The van der Waals surface area contributed by atoms with Gasteiger partial charge in [-0.3, -0.25) is 0 Å². The van der Waals surface area contributed by atoms with Crippen LogP contribution in [-0.2, 0) is 15.9 Å². The fourth-order valence-corrected chi connectivity index (χ4v) is 5.31. The molecule has 0 radical (unpaired) electrons. The van der Waals surface area contributed by atoms with Gasteiger partial charge < -0.3 is 16.2 Å². The average molecular weight is 511 g/mol. The van der Waals surface area contributed by atoms with Gasteiger partial charge in [0.05, 0.1) is 16.0 Å². The highest BCUT2D eigenvalue weighted by Gasteiger charge is 2.38. The summed E-state index contributed by atoms with van der Waals surface area (Å²) in [6.45, 7) is 4.63. The third kappa shape index (κ3) is 4.37. The molecule has 0 spiro atoms. The van der Waals surface area contributed by atoms with Gasteiger partial charge in [0.25, 0.3) is 5.92 Å². The largest absolute Gasteiger partial charge is 0.390 e. The summed E-state index contributed by atoms with van der Waals surface area (Å²) in [5, 5.41) is 18.4. The molecule has 4 rings (SSSR count). The molecule has 1 aromatic heterocycles. The quantitative estimate of drug-likeness (QED) is 0.357. The number of alkyl halides is 2. The smallest absolute Gasteiger partial charge is 0.294 e. The zero-order valence-corrected chi connectivity index (χ0v) is 19.5. The molecule has 5 N–H and O–H groups in total. The number of allylic oxidation sites excluding steroid dienone is 1. The topological polar surface area (TPSA) is 137 Å². The summed E-state index contributed by atoms with van der Waals surface area (Å²) in [5.74, 6) is -3.34. The monoisotopic (exact) mass is 510 g/mol. The van der Waals surface area contributed by atoms with Gasteiger partial charge in [-0.1, -0.05) is 30.3 Å². The lowest BCUT2D eigenvalue weighted by atomic mass is 9.92. The fourth-order valence-electron chi connectivity index (χ4n) is 3.46. The lowest BCUT2D eigenvalue weighted by molar-refractivity contribution is 0.0392. The van der Waals surface area contributed by atoms with Crippen molar-refractivity contribution in [3.63, 3.8) is 0 Å². The Bertz CT molecular complexity index is 1360. The number of H-pyrrole nitrogens is 1. The number of aliphatic hydroxyl groups is 1. The first-order valence-electron chi connectivity index (χ1n) is 10.0. The number of aromatic nitrogens is 3. The number of nitrogens with two attached hydrogens (primary N) is 1. The average Bonchev–Trinajstić information content (AvgIpc) is 3.15. The van der Waals surface area contributed by atoms with Gasteiger partial charge in [0.15, 0.2) is 0 Å². The maximum atomic E-state index is 15.2. The SMILES string of the molecule is C=C(C)C(F)(F)c1cc(Nc2n[nH]c(N)n2)cc(Cl)c1-c1ccc(S(=O)(=O)N2CC(O)C2)cc1. The fraction of sp³-hybridized carbons (Fsp3) is 0.238. The van der Waals surface area contributed by atoms with Gasteiger partial charge >= 0.3 is 0 Å². The molecule has 3 aromatic rings. The van der Waals surface area contributed by atoms with Crippen LogP contribution in [0, 0.1) is 0 Å². The van der Waals surface area contributed by atoms with E-state index in [4.69, 9.17) is 17.3 Å². The molecule has 0 aliphatic carbocycles. The lowest BCUT2D eigenvalue weighted by Crippen LogP contribution is -2.53. The zero-order chi connectivity index (χ0) is 24.8. The highest BCUT2D eigenvalue weighted by molar-refractivity contribution is 7.89. The molecule has 1 fully saturated rings. The van der Waals surface area contributed by atoms with E-state index in [-0.39, 0.29) is 51.7 Å². The highest BCUT2D eigenvalue weighted by Crippen LogP contribution is 2.45. The molecule has 0 unspecified atom stereocenters. The molecule has 13 heteroatoms. The van der Waals surface area contributed by atoms with Crippen LogP contribution in [0.2, 0.25) is 5.02 Å². The van der Waals surface area contributed by atoms with E-state index < -0.39 is 33.2 Å². The maximum absolute atomic E-state index is 15.2. The minimum Gasteiger partial charge on any atom is -0.390 e. The van der Waals surface area contributed by atoms with Crippen molar-refractivity contribution in [3.8, 4) is 11.1 Å². The number of halogens is 3. The molecule has 1 aliphatic rings. The first kappa shape index (κ1) is 24.1. The number of benzene rings is 2. The molecular formula is C21H21ClF2N6O3S. The third-order valence-corrected chi connectivity index (χ3v) is 7.48. The van der Waals surface area contributed by atoms with E-state index in [0.717, 1.165) is 4.31 Å². The molecule has 0 saturated carbocycles. The Morgan fingerprint density at radius 2 is 1.97 bits per heavy atom. The molecular weight excluding hydrogens is 490 g/mol. The van der Waals surface area contributed by atoms with Gasteiger partial charge in [0.1, 0.15) is 0 Å². The number of anilines is 3. The molecule has 34 heavy (non-hydrogen) atoms. The van der Waals surface area contributed by atoms with Crippen molar-refractivity contribution in [1.82, 2.24) is 19.5 Å². The second-order valence-electron chi connectivity index (χ2n) is 7.90.